The minimum absolute atomic E-state index is 0.0887. The second-order valence-corrected chi connectivity index (χ2v) is 6.92. The molecule has 1 amide bonds. The second kappa shape index (κ2) is 9.32. The Morgan fingerprint density at radius 1 is 1.24 bits per heavy atom. The van der Waals surface area contributed by atoms with Gasteiger partial charge in [0, 0.05) is 5.56 Å². The number of halogens is 1. The molecule has 0 unspecified atom stereocenters. The Balaban J connectivity index is 1.77. The number of carbonyl (C=O) groups excluding carboxylic acids is 1. The lowest BCUT2D eigenvalue weighted by Gasteiger charge is -2.20. The second-order valence-electron chi connectivity index (χ2n) is 6.92. The number of carbonyl (C=O) groups is 1. The van der Waals surface area contributed by atoms with E-state index in [0.717, 1.165) is 17.5 Å². The third-order valence-electron chi connectivity index (χ3n) is 4.84. The summed E-state index contributed by atoms with van der Waals surface area (Å²) in [6.07, 6.45) is 0.961. The molecule has 0 aliphatic heterocycles. The highest BCUT2D eigenvalue weighted by atomic mass is 19.1. The van der Waals surface area contributed by atoms with Crippen molar-refractivity contribution in [3.63, 3.8) is 0 Å². The smallest absolute Gasteiger partial charge is 0.249 e. The van der Waals surface area contributed by atoms with Crippen LogP contribution in [0.15, 0.2) is 53.1 Å². The molecule has 1 N–H and O–H groups in total. The fourth-order valence-electron chi connectivity index (χ4n) is 2.94. The molecule has 2 atom stereocenters. The molecular weight excluding hydrogens is 373 g/mol. The van der Waals surface area contributed by atoms with Crippen molar-refractivity contribution in [2.24, 2.45) is 5.92 Å². The van der Waals surface area contributed by atoms with E-state index in [2.05, 4.69) is 15.5 Å². The number of nitrogens with zero attached hydrogens (tertiary/aromatic N) is 2. The van der Waals surface area contributed by atoms with Crippen molar-refractivity contribution in [2.75, 3.05) is 7.11 Å². The molecule has 0 saturated carbocycles. The molecule has 29 heavy (non-hydrogen) atoms. The van der Waals surface area contributed by atoms with Crippen LogP contribution in [0.1, 0.15) is 37.8 Å². The fourth-order valence-corrected chi connectivity index (χ4v) is 2.94. The first-order valence-corrected chi connectivity index (χ1v) is 9.52. The van der Waals surface area contributed by atoms with Crippen molar-refractivity contribution in [3.8, 4) is 17.1 Å². The number of benzene rings is 2. The fraction of sp³-hybridized carbons (Fsp3) is 0.318. The van der Waals surface area contributed by atoms with Gasteiger partial charge in [-0.1, -0.05) is 49.7 Å². The van der Waals surface area contributed by atoms with Crippen LogP contribution in [0.5, 0.6) is 5.75 Å². The zero-order valence-corrected chi connectivity index (χ0v) is 16.7. The van der Waals surface area contributed by atoms with Crippen LogP contribution in [0.2, 0.25) is 0 Å². The number of methoxy groups -OCH3 is 1. The van der Waals surface area contributed by atoms with E-state index in [4.69, 9.17) is 9.26 Å². The van der Waals surface area contributed by atoms with Gasteiger partial charge in [0.25, 0.3) is 0 Å². The Morgan fingerprint density at radius 3 is 2.69 bits per heavy atom. The van der Waals surface area contributed by atoms with Crippen molar-refractivity contribution in [2.45, 2.75) is 32.7 Å². The van der Waals surface area contributed by atoms with Gasteiger partial charge in [-0.05, 0) is 35.7 Å². The summed E-state index contributed by atoms with van der Waals surface area (Å²) in [5.41, 5.74) is 1.49. The molecular formula is C22H24FN3O3. The predicted molar refractivity (Wildman–Crippen MR) is 107 cm³/mol. The maximum absolute atomic E-state index is 13.1. The van der Waals surface area contributed by atoms with Crippen molar-refractivity contribution >= 4 is 5.91 Å². The molecule has 3 rings (SSSR count). The molecule has 0 fully saturated rings. The molecule has 3 aromatic rings. The molecule has 0 spiro atoms. The number of aromatic nitrogens is 2. The Labute approximate surface area is 169 Å². The third kappa shape index (κ3) is 5.19. The molecule has 0 bridgehead atoms. The molecule has 6 nitrogen and oxygen atoms in total. The van der Waals surface area contributed by atoms with Crippen LogP contribution in [0.3, 0.4) is 0 Å². The first-order chi connectivity index (χ1) is 14.0. The Morgan fingerprint density at radius 2 is 2.00 bits per heavy atom. The van der Waals surface area contributed by atoms with Gasteiger partial charge in [0.05, 0.1) is 13.5 Å². The predicted octanol–water partition coefficient (Wildman–Crippen LogP) is 4.33. The van der Waals surface area contributed by atoms with E-state index in [0.29, 0.717) is 17.5 Å². The molecule has 152 valence electrons. The van der Waals surface area contributed by atoms with Gasteiger partial charge in [0.2, 0.25) is 17.6 Å². The molecule has 7 heteroatoms. The number of rotatable bonds is 8. The largest absolute Gasteiger partial charge is 0.497 e. The van der Waals surface area contributed by atoms with Crippen molar-refractivity contribution in [3.05, 3.63) is 65.8 Å². The number of hydrogen-bond donors (Lipinski definition) is 1. The van der Waals surface area contributed by atoms with Gasteiger partial charge in [0.1, 0.15) is 17.6 Å². The lowest BCUT2D eigenvalue weighted by atomic mass is 9.98. The summed E-state index contributed by atoms with van der Waals surface area (Å²) in [4.78, 5) is 17.0. The maximum atomic E-state index is 13.1. The minimum Gasteiger partial charge on any atom is -0.497 e. The number of nitrogens with one attached hydrogen (secondary N) is 1. The molecule has 1 heterocycles. The monoisotopic (exact) mass is 397 g/mol. The van der Waals surface area contributed by atoms with Crippen LogP contribution in [0, 0.1) is 11.7 Å². The Kier molecular flexibility index (Phi) is 6.59. The first-order valence-electron chi connectivity index (χ1n) is 9.52. The molecule has 0 saturated heterocycles. The molecule has 1 aromatic heterocycles. The first kappa shape index (κ1) is 20.5. The highest BCUT2D eigenvalue weighted by Gasteiger charge is 2.26. The quantitative estimate of drug-likeness (QED) is 0.612. The van der Waals surface area contributed by atoms with Gasteiger partial charge in [-0.15, -0.1) is 0 Å². The van der Waals surface area contributed by atoms with E-state index in [1.54, 1.807) is 19.2 Å². The van der Waals surface area contributed by atoms with Gasteiger partial charge >= 0.3 is 0 Å². The van der Waals surface area contributed by atoms with Gasteiger partial charge in [-0.2, -0.15) is 4.98 Å². The van der Waals surface area contributed by atoms with Gasteiger partial charge in [-0.3, -0.25) is 4.79 Å². The van der Waals surface area contributed by atoms with Crippen molar-refractivity contribution < 1.29 is 18.4 Å². The summed E-state index contributed by atoms with van der Waals surface area (Å²) < 4.78 is 23.8. The molecule has 2 aromatic carbocycles. The molecule has 0 aliphatic rings. The highest BCUT2D eigenvalue weighted by molar-refractivity contribution is 5.79. The summed E-state index contributed by atoms with van der Waals surface area (Å²) in [6, 6.07) is 12.8. The highest BCUT2D eigenvalue weighted by Crippen LogP contribution is 2.27. The van der Waals surface area contributed by atoms with Crippen LogP contribution >= 0.6 is 0 Å². The standard InChI is InChI=1S/C22H24FN3O3/c1-4-14(2)20(24-19(27)12-15-8-10-17(23)11-9-15)22-25-21(26-29-22)16-6-5-7-18(13-16)28-3/h5-11,13-14,20H,4,12H2,1-3H3,(H,24,27)/t14-,20-/m1/s1. The van der Waals surface area contributed by atoms with Gasteiger partial charge in [-0.25, -0.2) is 4.39 Å². The maximum Gasteiger partial charge on any atom is 0.249 e. The number of amides is 1. The van der Waals surface area contributed by atoms with Crippen molar-refractivity contribution in [1.82, 2.24) is 15.5 Å². The SMILES string of the molecule is CC[C@@H](C)[C@@H](NC(=O)Cc1ccc(F)cc1)c1nc(-c2cccc(OC)c2)no1. The number of hydrogen-bond acceptors (Lipinski definition) is 5. The molecule has 0 radical (unpaired) electrons. The minimum atomic E-state index is -0.417. The zero-order chi connectivity index (χ0) is 20.8. The lowest BCUT2D eigenvalue weighted by Crippen LogP contribution is -2.33. The van der Waals surface area contributed by atoms with Crippen LogP contribution in [-0.4, -0.2) is 23.2 Å². The third-order valence-corrected chi connectivity index (χ3v) is 4.84. The zero-order valence-electron chi connectivity index (χ0n) is 16.7. The Bertz CT molecular complexity index is 956. The van der Waals surface area contributed by atoms with E-state index >= 15 is 0 Å². The topological polar surface area (TPSA) is 77.2 Å². The molecule has 0 aliphatic carbocycles. The van der Waals surface area contributed by atoms with Crippen LogP contribution < -0.4 is 10.1 Å². The Hall–Kier alpha value is -3.22. The van der Waals surface area contributed by atoms with Gasteiger partial charge in [0.15, 0.2) is 0 Å². The lowest BCUT2D eigenvalue weighted by molar-refractivity contribution is -0.121. The number of ether oxygens (including phenoxy) is 1. The summed E-state index contributed by atoms with van der Waals surface area (Å²) in [5, 5.41) is 7.05. The van der Waals surface area contributed by atoms with E-state index in [-0.39, 0.29) is 24.1 Å². The normalized spacial score (nSPS) is 13.0. The van der Waals surface area contributed by atoms with E-state index in [1.165, 1.54) is 12.1 Å². The summed E-state index contributed by atoms with van der Waals surface area (Å²) in [5.74, 6) is 1.04. The van der Waals surface area contributed by atoms with Crippen LogP contribution in [0.25, 0.3) is 11.4 Å². The van der Waals surface area contributed by atoms with Crippen LogP contribution in [0.4, 0.5) is 4.39 Å². The summed E-state index contributed by atoms with van der Waals surface area (Å²) in [7, 11) is 1.59. The summed E-state index contributed by atoms with van der Waals surface area (Å²) in [6.45, 7) is 4.04. The van der Waals surface area contributed by atoms with Crippen molar-refractivity contribution in [1.29, 1.82) is 0 Å². The average Bonchev–Trinajstić information content (AvgIpc) is 3.23. The van der Waals surface area contributed by atoms with E-state index in [1.807, 2.05) is 38.1 Å². The van der Waals surface area contributed by atoms with Gasteiger partial charge < -0.3 is 14.6 Å². The van der Waals surface area contributed by atoms with E-state index in [9.17, 15) is 9.18 Å². The van der Waals surface area contributed by atoms with E-state index < -0.39 is 6.04 Å². The summed E-state index contributed by atoms with van der Waals surface area (Å²) >= 11 is 0. The van der Waals surface area contributed by atoms with Crippen LogP contribution in [-0.2, 0) is 11.2 Å². The average molecular weight is 397 g/mol.